The van der Waals surface area contributed by atoms with Crippen molar-refractivity contribution in [2.75, 3.05) is 16.4 Å². The van der Waals surface area contributed by atoms with E-state index in [2.05, 4.69) is 20.8 Å². The number of nitrogens with one attached hydrogen (secondary N) is 2. The van der Waals surface area contributed by atoms with Crippen LogP contribution in [0.2, 0.25) is 5.02 Å². The fourth-order valence-corrected chi connectivity index (χ4v) is 3.69. The van der Waals surface area contributed by atoms with Gasteiger partial charge in [0.15, 0.2) is 4.34 Å². The van der Waals surface area contributed by atoms with Crippen LogP contribution < -0.4 is 10.6 Å². The van der Waals surface area contributed by atoms with Gasteiger partial charge in [0, 0.05) is 5.69 Å². The first-order chi connectivity index (χ1) is 12.6. The van der Waals surface area contributed by atoms with E-state index in [9.17, 15) is 4.79 Å². The van der Waals surface area contributed by atoms with Gasteiger partial charge in [0.25, 0.3) is 0 Å². The molecule has 0 bridgehead atoms. The molecule has 26 heavy (non-hydrogen) atoms. The van der Waals surface area contributed by atoms with Gasteiger partial charge < -0.3 is 15.1 Å². The second-order valence-corrected chi connectivity index (χ2v) is 7.56. The van der Waals surface area contributed by atoms with Crippen LogP contribution in [0.4, 0.5) is 10.8 Å². The van der Waals surface area contributed by atoms with Gasteiger partial charge in [0.2, 0.25) is 11.0 Å². The summed E-state index contributed by atoms with van der Waals surface area (Å²) in [5.74, 6) is 0.788. The predicted molar refractivity (Wildman–Crippen MR) is 101 cm³/mol. The normalized spacial score (nSPS) is 10.3. The minimum absolute atomic E-state index is 0.185. The van der Waals surface area contributed by atoms with Gasteiger partial charge in [0.1, 0.15) is 11.8 Å². The molecule has 2 N–H and O–H groups in total. The zero-order valence-corrected chi connectivity index (χ0v) is 15.6. The van der Waals surface area contributed by atoms with Crippen molar-refractivity contribution in [3.05, 3.63) is 52.9 Å². The quantitative estimate of drug-likeness (QED) is 0.572. The number of thioether (sulfide) groups is 1. The summed E-state index contributed by atoms with van der Waals surface area (Å²) in [6.45, 7) is 0.520. The van der Waals surface area contributed by atoms with Crippen molar-refractivity contribution in [3.63, 3.8) is 0 Å². The molecule has 10 heteroatoms. The molecule has 0 spiro atoms. The maximum atomic E-state index is 12.0. The van der Waals surface area contributed by atoms with Crippen LogP contribution in [0.25, 0.3) is 0 Å². The zero-order chi connectivity index (χ0) is 18.4. The van der Waals surface area contributed by atoms with E-state index in [1.165, 1.54) is 23.1 Å². The van der Waals surface area contributed by atoms with Crippen LogP contribution in [0.1, 0.15) is 11.3 Å². The SMILES string of the molecule is N#Cc1ccc(NC(=O)CSc2nnc(NCc3ccco3)s2)cc1Cl. The summed E-state index contributed by atoms with van der Waals surface area (Å²) in [6, 6.07) is 10.4. The molecule has 3 rings (SSSR count). The van der Waals surface area contributed by atoms with Gasteiger partial charge in [-0.05, 0) is 30.3 Å². The number of carbonyl (C=O) groups is 1. The van der Waals surface area contributed by atoms with E-state index in [0.29, 0.717) is 32.3 Å². The van der Waals surface area contributed by atoms with Crippen LogP contribution in [0.15, 0.2) is 45.4 Å². The van der Waals surface area contributed by atoms with Gasteiger partial charge in [-0.25, -0.2) is 0 Å². The molecular weight excluding hydrogens is 394 g/mol. The molecule has 0 unspecified atom stereocenters. The molecule has 0 aliphatic rings. The van der Waals surface area contributed by atoms with Gasteiger partial charge in [-0.2, -0.15) is 5.26 Å². The summed E-state index contributed by atoms with van der Waals surface area (Å²) in [4.78, 5) is 12.0. The van der Waals surface area contributed by atoms with Crippen LogP contribution in [-0.4, -0.2) is 21.9 Å². The van der Waals surface area contributed by atoms with Crippen LogP contribution in [0.5, 0.6) is 0 Å². The Morgan fingerprint density at radius 3 is 3.00 bits per heavy atom. The molecule has 0 fully saturated rings. The average molecular weight is 406 g/mol. The molecule has 0 saturated heterocycles. The second-order valence-electron chi connectivity index (χ2n) is 4.95. The Morgan fingerprint density at radius 2 is 2.27 bits per heavy atom. The van der Waals surface area contributed by atoms with Crippen molar-refractivity contribution < 1.29 is 9.21 Å². The van der Waals surface area contributed by atoms with Crippen molar-refractivity contribution in [1.29, 1.82) is 5.26 Å². The number of anilines is 2. The number of nitriles is 1. The third-order valence-electron chi connectivity index (χ3n) is 3.10. The number of hydrogen-bond acceptors (Lipinski definition) is 8. The minimum atomic E-state index is -0.198. The highest BCUT2D eigenvalue weighted by atomic mass is 35.5. The summed E-state index contributed by atoms with van der Waals surface area (Å²) in [5.41, 5.74) is 0.903. The number of aromatic nitrogens is 2. The standard InChI is InChI=1S/C16H12ClN5O2S2/c17-13-6-11(4-3-10(13)7-18)20-14(23)9-25-16-22-21-15(26-16)19-8-12-2-1-5-24-12/h1-6H,8-9H2,(H,19,21)(H,20,23). The smallest absolute Gasteiger partial charge is 0.234 e. The molecule has 0 radical (unpaired) electrons. The van der Waals surface area contributed by atoms with Gasteiger partial charge >= 0.3 is 0 Å². The van der Waals surface area contributed by atoms with Crippen LogP contribution in [0, 0.1) is 11.3 Å². The van der Waals surface area contributed by atoms with Gasteiger partial charge in [-0.1, -0.05) is 34.7 Å². The summed E-state index contributed by atoms with van der Waals surface area (Å²) >= 11 is 8.60. The van der Waals surface area contributed by atoms with Crippen molar-refractivity contribution in [2.45, 2.75) is 10.9 Å². The van der Waals surface area contributed by atoms with E-state index in [1.807, 2.05) is 18.2 Å². The third kappa shape index (κ3) is 4.98. The molecule has 1 amide bonds. The molecule has 0 aliphatic heterocycles. The first-order valence-electron chi connectivity index (χ1n) is 7.36. The number of amides is 1. The summed E-state index contributed by atoms with van der Waals surface area (Å²) in [7, 11) is 0. The highest BCUT2D eigenvalue weighted by Crippen LogP contribution is 2.26. The first kappa shape index (κ1) is 18.3. The van der Waals surface area contributed by atoms with Crippen molar-refractivity contribution in [1.82, 2.24) is 10.2 Å². The van der Waals surface area contributed by atoms with Crippen molar-refractivity contribution in [3.8, 4) is 6.07 Å². The number of benzene rings is 1. The molecule has 0 saturated carbocycles. The monoisotopic (exact) mass is 405 g/mol. The topological polar surface area (TPSA) is 104 Å². The third-order valence-corrected chi connectivity index (χ3v) is 5.43. The zero-order valence-electron chi connectivity index (χ0n) is 13.2. The fourth-order valence-electron chi connectivity index (χ4n) is 1.92. The lowest BCUT2D eigenvalue weighted by molar-refractivity contribution is -0.113. The van der Waals surface area contributed by atoms with E-state index >= 15 is 0 Å². The van der Waals surface area contributed by atoms with Gasteiger partial charge in [-0.15, -0.1) is 10.2 Å². The predicted octanol–water partition coefficient (Wildman–Crippen LogP) is 4.00. The fraction of sp³-hybridized carbons (Fsp3) is 0.125. The Bertz CT molecular complexity index is 937. The Kier molecular flexibility index (Phi) is 6.12. The Balaban J connectivity index is 1.47. The summed E-state index contributed by atoms with van der Waals surface area (Å²) < 4.78 is 5.91. The molecule has 132 valence electrons. The largest absolute Gasteiger partial charge is 0.467 e. The summed E-state index contributed by atoms with van der Waals surface area (Å²) in [5, 5.41) is 23.7. The molecule has 3 aromatic rings. The number of rotatable bonds is 7. The first-order valence-corrected chi connectivity index (χ1v) is 9.54. The van der Waals surface area contributed by atoms with Crippen LogP contribution >= 0.6 is 34.7 Å². The van der Waals surface area contributed by atoms with Crippen LogP contribution in [-0.2, 0) is 11.3 Å². The second kappa shape index (κ2) is 8.71. The maximum Gasteiger partial charge on any atom is 0.234 e. The Labute approximate surface area is 162 Å². The van der Waals surface area contributed by atoms with E-state index < -0.39 is 0 Å². The lowest BCUT2D eigenvalue weighted by Gasteiger charge is -2.05. The molecule has 7 nitrogen and oxygen atoms in total. The number of halogens is 1. The lowest BCUT2D eigenvalue weighted by atomic mass is 10.2. The number of carbonyl (C=O) groups excluding carboxylic acids is 1. The number of nitrogens with zero attached hydrogens (tertiary/aromatic N) is 3. The molecule has 2 aromatic heterocycles. The average Bonchev–Trinajstić information content (AvgIpc) is 3.30. The molecule has 0 atom stereocenters. The number of furan rings is 1. The van der Waals surface area contributed by atoms with Gasteiger partial charge in [0.05, 0.1) is 29.1 Å². The van der Waals surface area contributed by atoms with Crippen molar-refractivity contribution in [2.24, 2.45) is 0 Å². The maximum absolute atomic E-state index is 12.0. The number of hydrogen-bond donors (Lipinski definition) is 2. The Morgan fingerprint density at radius 1 is 1.38 bits per heavy atom. The van der Waals surface area contributed by atoms with E-state index in [0.717, 1.165) is 5.76 Å². The van der Waals surface area contributed by atoms with E-state index in [1.54, 1.807) is 24.5 Å². The van der Waals surface area contributed by atoms with E-state index in [-0.39, 0.29) is 11.7 Å². The molecule has 0 aliphatic carbocycles. The molecular formula is C16H12ClN5O2S2. The highest BCUT2D eigenvalue weighted by Gasteiger charge is 2.10. The molecule has 1 aromatic carbocycles. The van der Waals surface area contributed by atoms with Crippen molar-refractivity contribution >= 4 is 51.4 Å². The van der Waals surface area contributed by atoms with Crippen LogP contribution in [0.3, 0.4) is 0 Å². The minimum Gasteiger partial charge on any atom is -0.467 e. The molecule has 2 heterocycles. The lowest BCUT2D eigenvalue weighted by Crippen LogP contribution is -2.13. The summed E-state index contributed by atoms with van der Waals surface area (Å²) in [6.07, 6.45) is 1.61. The van der Waals surface area contributed by atoms with E-state index in [4.69, 9.17) is 21.3 Å². The highest BCUT2D eigenvalue weighted by molar-refractivity contribution is 8.01. The van der Waals surface area contributed by atoms with Gasteiger partial charge in [-0.3, -0.25) is 4.79 Å². The Hall–Kier alpha value is -2.54.